The van der Waals surface area contributed by atoms with Crippen LogP contribution >= 0.6 is 0 Å². The summed E-state index contributed by atoms with van der Waals surface area (Å²) in [5.74, 6) is 2.67. The van der Waals surface area contributed by atoms with E-state index in [0.29, 0.717) is 11.7 Å². The van der Waals surface area contributed by atoms with E-state index in [2.05, 4.69) is 22.2 Å². The molecule has 5 nitrogen and oxygen atoms in total. The molecule has 0 aliphatic heterocycles. The van der Waals surface area contributed by atoms with Crippen LogP contribution in [0.2, 0.25) is 0 Å². The summed E-state index contributed by atoms with van der Waals surface area (Å²) >= 11 is 0. The first-order chi connectivity index (χ1) is 13.2. The van der Waals surface area contributed by atoms with Gasteiger partial charge in [-0.1, -0.05) is 37.3 Å². The van der Waals surface area contributed by atoms with Crippen LogP contribution in [0.1, 0.15) is 24.7 Å². The highest BCUT2D eigenvalue weighted by Crippen LogP contribution is 2.22. The molecule has 1 aromatic heterocycles. The van der Waals surface area contributed by atoms with Crippen molar-refractivity contribution in [2.75, 3.05) is 25.6 Å². The van der Waals surface area contributed by atoms with Crippen molar-refractivity contribution in [3.8, 4) is 5.75 Å². The largest absolute Gasteiger partial charge is 0.497 e. The molecule has 0 amide bonds. The van der Waals surface area contributed by atoms with Crippen molar-refractivity contribution < 1.29 is 9.84 Å². The minimum atomic E-state index is 0.198. The summed E-state index contributed by atoms with van der Waals surface area (Å²) in [6.07, 6.45) is 4.67. The molecular weight excluding hydrogens is 338 g/mol. The van der Waals surface area contributed by atoms with Gasteiger partial charge in [0.2, 0.25) is 0 Å². The summed E-state index contributed by atoms with van der Waals surface area (Å²) in [5.41, 5.74) is 1.96. The molecule has 0 saturated heterocycles. The normalized spacial score (nSPS) is 12.4. The van der Waals surface area contributed by atoms with Crippen molar-refractivity contribution >= 4 is 28.9 Å². The fraction of sp³-hybridized carbons (Fsp3) is 0.273. The molecule has 5 heteroatoms. The Morgan fingerprint density at radius 3 is 2.59 bits per heavy atom. The summed E-state index contributed by atoms with van der Waals surface area (Å²) in [5, 5.41) is 13.5. The monoisotopic (exact) mass is 363 g/mol. The van der Waals surface area contributed by atoms with E-state index in [1.54, 1.807) is 7.11 Å². The molecule has 27 heavy (non-hydrogen) atoms. The van der Waals surface area contributed by atoms with Gasteiger partial charge in [0.15, 0.2) is 5.82 Å². The van der Waals surface area contributed by atoms with Crippen molar-refractivity contribution in [3.05, 3.63) is 59.9 Å². The van der Waals surface area contributed by atoms with Crippen LogP contribution in [0.15, 0.2) is 48.5 Å². The van der Waals surface area contributed by atoms with Crippen LogP contribution in [0.5, 0.6) is 5.75 Å². The van der Waals surface area contributed by atoms with E-state index in [1.165, 1.54) is 0 Å². The Kier molecular flexibility index (Phi) is 6.39. The van der Waals surface area contributed by atoms with Gasteiger partial charge in [-0.15, -0.1) is 0 Å². The number of para-hydroxylation sites is 1. The summed E-state index contributed by atoms with van der Waals surface area (Å²) in [4.78, 5) is 9.33. The van der Waals surface area contributed by atoms with Crippen LogP contribution in [0.4, 0.5) is 5.82 Å². The van der Waals surface area contributed by atoms with Crippen LogP contribution in [0, 0.1) is 5.92 Å². The zero-order valence-electron chi connectivity index (χ0n) is 15.7. The smallest absolute Gasteiger partial charge is 0.154 e. The number of aromatic nitrogens is 2. The number of benzene rings is 2. The summed E-state index contributed by atoms with van der Waals surface area (Å²) in [6, 6.07) is 15.8. The Morgan fingerprint density at radius 2 is 1.85 bits per heavy atom. The number of nitrogens with one attached hydrogen (secondary N) is 1. The molecule has 3 rings (SSSR count). The third kappa shape index (κ3) is 5.05. The van der Waals surface area contributed by atoms with Crippen LogP contribution in [-0.2, 0) is 0 Å². The Balaban J connectivity index is 1.85. The van der Waals surface area contributed by atoms with Gasteiger partial charge in [0.05, 0.1) is 12.6 Å². The molecule has 0 fully saturated rings. The van der Waals surface area contributed by atoms with Gasteiger partial charge in [-0.3, -0.25) is 0 Å². The number of hydrogen-bond acceptors (Lipinski definition) is 5. The topological polar surface area (TPSA) is 67.3 Å². The number of methoxy groups -OCH3 is 1. The average Bonchev–Trinajstić information content (AvgIpc) is 2.71. The lowest BCUT2D eigenvalue weighted by molar-refractivity contribution is 0.266. The van der Waals surface area contributed by atoms with E-state index in [1.807, 2.05) is 60.7 Å². The number of fused-ring (bicyclic) bond motifs is 1. The lowest BCUT2D eigenvalue weighted by Gasteiger charge is -2.13. The van der Waals surface area contributed by atoms with Crippen LogP contribution in [0.25, 0.3) is 23.1 Å². The van der Waals surface area contributed by atoms with Crippen molar-refractivity contribution in [2.24, 2.45) is 5.92 Å². The van der Waals surface area contributed by atoms with E-state index in [4.69, 9.17) is 9.84 Å². The van der Waals surface area contributed by atoms with Gasteiger partial charge >= 0.3 is 0 Å². The van der Waals surface area contributed by atoms with Gasteiger partial charge in [-0.25, -0.2) is 9.97 Å². The highest BCUT2D eigenvalue weighted by atomic mass is 16.5. The Morgan fingerprint density at radius 1 is 1.07 bits per heavy atom. The minimum Gasteiger partial charge on any atom is -0.497 e. The van der Waals surface area contributed by atoms with Crippen molar-refractivity contribution in [1.82, 2.24) is 9.97 Å². The molecule has 2 aromatic carbocycles. The van der Waals surface area contributed by atoms with Gasteiger partial charge in [-0.2, -0.15) is 0 Å². The molecule has 3 aromatic rings. The first kappa shape index (κ1) is 18.9. The molecular formula is C22H25N3O2. The second kappa shape index (κ2) is 9.14. The fourth-order valence-corrected chi connectivity index (χ4v) is 2.78. The maximum atomic E-state index is 9.09. The molecule has 0 spiro atoms. The van der Waals surface area contributed by atoms with Gasteiger partial charge in [0.25, 0.3) is 0 Å². The fourth-order valence-electron chi connectivity index (χ4n) is 2.78. The molecule has 0 aliphatic rings. The zero-order valence-corrected chi connectivity index (χ0v) is 15.7. The van der Waals surface area contributed by atoms with Gasteiger partial charge in [-0.05, 0) is 48.2 Å². The average molecular weight is 363 g/mol. The molecule has 0 saturated carbocycles. The SMILES string of the molecule is COc1ccc(C=Cc2nc(NCC(C)CCO)c3ccccc3n2)cc1. The lowest BCUT2D eigenvalue weighted by Crippen LogP contribution is -2.14. The van der Waals surface area contributed by atoms with Crippen LogP contribution < -0.4 is 10.1 Å². The van der Waals surface area contributed by atoms with E-state index in [-0.39, 0.29) is 6.61 Å². The van der Waals surface area contributed by atoms with Crippen molar-refractivity contribution in [2.45, 2.75) is 13.3 Å². The minimum absolute atomic E-state index is 0.198. The Hall–Kier alpha value is -2.92. The van der Waals surface area contributed by atoms with Crippen molar-refractivity contribution in [1.29, 1.82) is 0 Å². The number of aliphatic hydroxyl groups excluding tert-OH is 1. The van der Waals surface area contributed by atoms with E-state index in [9.17, 15) is 0 Å². The zero-order chi connectivity index (χ0) is 19.1. The maximum Gasteiger partial charge on any atom is 0.154 e. The molecule has 140 valence electrons. The number of ether oxygens (including phenoxy) is 1. The summed E-state index contributed by atoms with van der Waals surface area (Å²) < 4.78 is 5.19. The highest BCUT2D eigenvalue weighted by molar-refractivity contribution is 5.90. The number of nitrogens with zero attached hydrogens (tertiary/aromatic N) is 2. The standard InChI is InChI=1S/C22H25N3O2/c1-16(13-14-26)15-23-22-19-5-3-4-6-20(19)24-21(25-22)12-9-17-7-10-18(27-2)11-8-17/h3-12,16,26H,13-15H2,1-2H3,(H,23,24,25). The molecule has 1 heterocycles. The van der Waals surface area contributed by atoms with Gasteiger partial charge in [0, 0.05) is 18.5 Å². The first-order valence-corrected chi connectivity index (χ1v) is 9.13. The van der Waals surface area contributed by atoms with Gasteiger partial charge < -0.3 is 15.2 Å². The van der Waals surface area contributed by atoms with E-state index >= 15 is 0 Å². The quantitative estimate of drug-likeness (QED) is 0.627. The molecule has 0 aliphatic carbocycles. The predicted molar refractivity (Wildman–Crippen MR) is 111 cm³/mol. The molecule has 1 atom stereocenters. The maximum absolute atomic E-state index is 9.09. The summed E-state index contributed by atoms with van der Waals surface area (Å²) in [6.45, 7) is 3.06. The van der Waals surface area contributed by atoms with Gasteiger partial charge in [0.1, 0.15) is 11.6 Å². The molecule has 2 N–H and O–H groups in total. The first-order valence-electron chi connectivity index (χ1n) is 9.13. The van der Waals surface area contributed by atoms with Crippen LogP contribution in [0.3, 0.4) is 0 Å². The second-order valence-electron chi connectivity index (χ2n) is 6.55. The van der Waals surface area contributed by atoms with E-state index in [0.717, 1.165) is 41.0 Å². The Bertz CT molecular complexity index is 907. The highest BCUT2D eigenvalue weighted by Gasteiger charge is 2.08. The molecule has 1 unspecified atom stereocenters. The third-order valence-corrected chi connectivity index (χ3v) is 4.40. The number of aliphatic hydroxyl groups is 1. The molecule has 0 radical (unpaired) electrons. The number of rotatable bonds is 8. The number of anilines is 1. The van der Waals surface area contributed by atoms with E-state index < -0.39 is 0 Å². The van der Waals surface area contributed by atoms with Crippen molar-refractivity contribution in [3.63, 3.8) is 0 Å². The van der Waals surface area contributed by atoms with Crippen LogP contribution in [-0.4, -0.2) is 35.3 Å². The summed E-state index contributed by atoms with van der Waals surface area (Å²) in [7, 11) is 1.66. The third-order valence-electron chi connectivity index (χ3n) is 4.40. The Labute approximate surface area is 159 Å². The lowest BCUT2D eigenvalue weighted by atomic mass is 10.1. The molecule has 0 bridgehead atoms. The predicted octanol–water partition coefficient (Wildman–Crippen LogP) is 4.24. The number of hydrogen-bond donors (Lipinski definition) is 2. The second-order valence-corrected chi connectivity index (χ2v) is 6.55.